The maximum Gasteiger partial charge on any atom is 0.243 e. The molecule has 0 radical (unpaired) electrons. The number of aromatic amines is 1. The van der Waals surface area contributed by atoms with Crippen LogP contribution in [0.4, 0.5) is 0 Å². The zero-order chi connectivity index (χ0) is 19.4. The number of rotatable bonds is 7. The summed E-state index contributed by atoms with van der Waals surface area (Å²) < 4.78 is 22.0. The minimum atomic E-state index is -0.780. The molecule has 2 unspecified atom stereocenters. The van der Waals surface area contributed by atoms with Crippen LogP contribution in [0.3, 0.4) is 0 Å². The summed E-state index contributed by atoms with van der Waals surface area (Å²) in [7, 11) is 1.58. The van der Waals surface area contributed by atoms with E-state index in [1.54, 1.807) is 7.11 Å². The average molecular weight is 370 g/mol. The highest BCUT2D eigenvalue weighted by Crippen LogP contribution is 2.44. The van der Waals surface area contributed by atoms with Crippen LogP contribution in [-0.2, 0) is 11.3 Å². The van der Waals surface area contributed by atoms with Gasteiger partial charge in [-0.1, -0.05) is 6.07 Å². The Balaban J connectivity index is 2.13. The molecule has 1 aromatic carbocycles. The lowest BCUT2D eigenvalue weighted by atomic mass is 9.79. The van der Waals surface area contributed by atoms with E-state index >= 15 is 0 Å². The van der Waals surface area contributed by atoms with E-state index in [2.05, 4.69) is 16.3 Å². The van der Waals surface area contributed by atoms with Crippen molar-refractivity contribution in [2.75, 3.05) is 20.3 Å². The molecule has 27 heavy (non-hydrogen) atoms. The Morgan fingerprint density at radius 1 is 1.26 bits per heavy atom. The van der Waals surface area contributed by atoms with E-state index in [4.69, 9.17) is 24.4 Å². The maximum atomic E-state index is 9.70. The SMILES string of the molecule is CCOc1ccc(C2c3c(n[nH]c3COC)OC(=N)C2C#N)cc1OCC. The van der Waals surface area contributed by atoms with Gasteiger partial charge in [-0.3, -0.25) is 10.5 Å². The van der Waals surface area contributed by atoms with Crippen molar-refractivity contribution in [3.05, 3.63) is 35.0 Å². The second-order valence-corrected chi connectivity index (χ2v) is 5.98. The maximum absolute atomic E-state index is 9.70. The Labute approximate surface area is 157 Å². The number of methoxy groups -OCH3 is 1. The van der Waals surface area contributed by atoms with Gasteiger partial charge in [-0.15, -0.1) is 5.10 Å². The summed E-state index contributed by atoms with van der Waals surface area (Å²) in [5, 5.41) is 24.9. The third kappa shape index (κ3) is 3.46. The molecule has 0 spiro atoms. The number of benzene rings is 1. The molecule has 0 saturated heterocycles. The van der Waals surface area contributed by atoms with Crippen molar-refractivity contribution in [3.63, 3.8) is 0 Å². The molecular formula is C19H22N4O4. The average Bonchev–Trinajstić information content (AvgIpc) is 3.05. The van der Waals surface area contributed by atoms with Gasteiger partial charge in [0.1, 0.15) is 5.92 Å². The van der Waals surface area contributed by atoms with Crippen LogP contribution in [-0.4, -0.2) is 36.4 Å². The number of nitrogens with zero attached hydrogens (tertiary/aromatic N) is 2. The third-order valence-corrected chi connectivity index (χ3v) is 4.34. The van der Waals surface area contributed by atoms with E-state index in [1.165, 1.54) is 0 Å². The summed E-state index contributed by atoms with van der Waals surface area (Å²) in [4.78, 5) is 0. The lowest BCUT2D eigenvalue weighted by Gasteiger charge is -2.28. The lowest BCUT2D eigenvalue weighted by Crippen LogP contribution is -2.31. The van der Waals surface area contributed by atoms with E-state index in [0.717, 1.165) is 16.8 Å². The van der Waals surface area contributed by atoms with E-state index in [0.29, 0.717) is 37.2 Å². The summed E-state index contributed by atoms with van der Waals surface area (Å²) in [6.07, 6.45) is 0. The normalized spacial score (nSPS) is 18.4. The summed E-state index contributed by atoms with van der Waals surface area (Å²) in [5.41, 5.74) is 2.27. The van der Waals surface area contributed by atoms with Gasteiger partial charge < -0.3 is 18.9 Å². The summed E-state index contributed by atoms with van der Waals surface area (Å²) in [6, 6.07) is 7.76. The Kier molecular flexibility index (Phi) is 5.62. The smallest absolute Gasteiger partial charge is 0.243 e. The van der Waals surface area contributed by atoms with Gasteiger partial charge in [0.25, 0.3) is 0 Å². The van der Waals surface area contributed by atoms with Gasteiger partial charge in [-0.25, -0.2) is 0 Å². The molecule has 3 rings (SSSR count). The Bertz CT molecular complexity index is 871. The van der Waals surface area contributed by atoms with Crippen molar-refractivity contribution < 1.29 is 18.9 Å². The van der Waals surface area contributed by atoms with Crippen LogP contribution < -0.4 is 14.2 Å². The minimum absolute atomic E-state index is 0.127. The zero-order valence-electron chi connectivity index (χ0n) is 15.5. The van der Waals surface area contributed by atoms with Gasteiger partial charge in [0.15, 0.2) is 11.5 Å². The van der Waals surface area contributed by atoms with Crippen molar-refractivity contribution in [2.24, 2.45) is 5.92 Å². The highest BCUT2D eigenvalue weighted by atomic mass is 16.5. The van der Waals surface area contributed by atoms with Crippen LogP contribution in [0.2, 0.25) is 0 Å². The molecule has 2 N–H and O–H groups in total. The molecule has 1 aliphatic heterocycles. The molecule has 0 aliphatic carbocycles. The fraction of sp³-hybridized carbons (Fsp3) is 0.421. The van der Waals surface area contributed by atoms with Crippen LogP contribution in [0, 0.1) is 22.7 Å². The zero-order valence-corrected chi connectivity index (χ0v) is 15.5. The molecule has 8 nitrogen and oxygen atoms in total. The first-order valence-electron chi connectivity index (χ1n) is 8.76. The summed E-state index contributed by atoms with van der Waals surface area (Å²) >= 11 is 0. The first-order valence-corrected chi connectivity index (χ1v) is 8.76. The highest BCUT2D eigenvalue weighted by molar-refractivity contribution is 5.84. The molecule has 8 heteroatoms. The van der Waals surface area contributed by atoms with Gasteiger partial charge in [0.05, 0.1) is 31.6 Å². The standard InChI is InChI=1S/C19H22N4O4/c1-4-25-14-7-6-11(8-15(14)26-5-2)16-12(9-20)18(21)27-19-17(16)13(10-24-3)22-23-19/h6-8,12,16,21H,4-5,10H2,1-3H3,(H,22,23). The Morgan fingerprint density at radius 3 is 2.67 bits per heavy atom. The molecule has 0 amide bonds. The number of fused-ring (bicyclic) bond motifs is 1. The lowest BCUT2D eigenvalue weighted by molar-refractivity contribution is 0.180. The molecule has 0 saturated carbocycles. The molecule has 0 fully saturated rings. The summed E-state index contributed by atoms with van der Waals surface area (Å²) in [5.74, 6) is 0.212. The quantitative estimate of drug-likeness (QED) is 0.774. The number of hydrogen-bond donors (Lipinski definition) is 2. The number of hydrogen-bond acceptors (Lipinski definition) is 7. The van der Waals surface area contributed by atoms with Gasteiger partial charge in [0, 0.05) is 18.6 Å². The fourth-order valence-electron chi connectivity index (χ4n) is 3.26. The van der Waals surface area contributed by atoms with Crippen molar-refractivity contribution >= 4 is 5.90 Å². The monoisotopic (exact) mass is 370 g/mol. The van der Waals surface area contributed by atoms with E-state index in [-0.39, 0.29) is 5.90 Å². The van der Waals surface area contributed by atoms with Crippen molar-refractivity contribution in [1.82, 2.24) is 10.2 Å². The molecule has 1 aromatic heterocycles. The Morgan fingerprint density at radius 2 is 2.00 bits per heavy atom. The third-order valence-electron chi connectivity index (χ3n) is 4.34. The molecular weight excluding hydrogens is 348 g/mol. The fourth-order valence-corrected chi connectivity index (χ4v) is 3.26. The Hall–Kier alpha value is -3.05. The van der Waals surface area contributed by atoms with Crippen LogP contribution in [0.25, 0.3) is 0 Å². The number of nitrogens with one attached hydrogen (secondary N) is 2. The van der Waals surface area contributed by atoms with Crippen LogP contribution in [0.5, 0.6) is 17.4 Å². The topological polar surface area (TPSA) is 113 Å². The predicted octanol–water partition coefficient (Wildman–Crippen LogP) is 2.99. The first-order chi connectivity index (χ1) is 13.1. The number of H-pyrrole nitrogens is 1. The largest absolute Gasteiger partial charge is 0.490 e. The van der Waals surface area contributed by atoms with Crippen LogP contribution in [0.15, 0.2) is 18.2 Å². The van der Waals surface area contributed by atoms with Crippen molar-refractivity contribution in [3.8, 4) is 23.4 Å². The molecule has 2 aromatic rings. The molecule has 2 heterocycles. The molecule has 2 atom stereocenters. The van der Waals surface area contributed by atoms with Crippen molar-refractivity contribution in [1.29, 1.82) is 10.7 Å². The predicted molar refractivity (Wildman–Crippen MR) is 97.4 cm³/mol. The molecule has 0 bridgehead atoms. The second-order valence-electron chi connectivity index (χ2n) is 5.98. The van der Waals surface area contributed by atoms with E-state index in [9.17, 15) is 5.26 Å². The van der Waals surface area contributed by atoms with Gasteiger partial charge in [-0.2, -0.15) is 5.26 Å². The van der Waals surface area contributed by atoms with Gasteiger partial charge >= 0.3 is 0 Å². The van der Waals surface area contributed by atoms with Crippen LogP contribution >= 0.6 is 0 Å². The molecule has 1 aliphatic rings. The number of nitriles is 1. The van der Waals surface area contributed by atoms with Gasteiger partial charge in [-0.05, 0) is 31.5 Å². The first kappa shape index (κ1) is 18.7. The van der Waals surface area contributed by atoms with Crippen molar-refractivity contribution in [2.45, 2.75) is 26.4 Å². The van der Waals surface area contributed by atoms with E-state index < -0.39 is 11.8 Å². The number of aromatic nitrogens is 2. The molecule has 142 valence electrons. The van der Waals surface area contributed by atoms with E-state index in [1.807, 2.05) is 32.0 Å². The van der Waals surface area contributed by atoms with Gasteiger partial charge in [0.2, 0.25) is 11.8 Å². The summed E-state index contributed by atoms with van der Waals surface area (Å²) in [6.45, 7) is 5.11. The minimum Gasteiger partial charge on any atom is -0.490 e. The second kappa shape index (κ2) is 8.10. The highest BCUT2D eigenvalue weighted by Gasteiger charge is 2.40. The van der Waals surface area contributed by atoms with Crippen LogP contribution in [0.1, 0.15) is 36.6 Å². The number of ether oxygens (including phenoxy) is 4.